The first-order valence-corrected chi connectivity index (χ1v) is 5.24. The van der Waals surface area contributed by atoms with Crippen LogP contribution >= 0.6 is 0 Å². The standard InChI is InChI=1S/C10H18N4O/c1-2-3-4-13-10(15)9(11)5-8-6-12-7-14-8/h6-7,9H,2-5,11H2,1H3,(H,12,14)(H,13,15)/t9-/m0/s1/i13+1. The van der Waals surface area contributed by atoms with Crippen molar-refractivity contribution in [1.82, 2.24) is 15.3 Å². The van der Waals surface area contributed by atoms with E-state index in [1.54, 1.807) is 12.5 Å². The predicted molar refractivity (Wildman–Crippen MR) is 58.2 cm³/mol. The Labute approximate surface area is 89.5 Å². The lowest BCUT2D eigenvalue weighted by molar-refractivity contribution is -0.122. The molecular weight excluding hydrogens is 193 g/mol. The molecule has 0 aliphatic heterocycles. The van der Waals surface area contributed by atoms with E-state index in [4.69, 9.17) is 5.73 Å². The van der Waals surface area contributed by atoms with Crippen molar-refractivity contribution < 1.29 is 4.79 Å². The van der Waals surface area contributed by atoms with Crippen molar-refractivity contribution in [1.29, 1.82) is 0 Å². The van der Waals surface area contributed by atoms with Gasteiger partial charge in [0.15, 0.2) is 0 Å². The zero-order valence-corrected chi connectivity index (χ0v) is 8.99. The number of nitrogens with two attached hydrogens (primary N) is 1. The number of hydrogen-bond acceptors (Lipinski definition) is 3. The quantitative estimate of drug-likeness (QED) is 0.464. The van der Waals surface area contributed by atoms with Crippen LogP contribution in [0, 0.1) is 0 Å². The molecule has 1 aromatic rings. The zero-order chi connectivity index (χ0) is 11.1. The van der Waals surface area contributed by atoms with Crippen LogP contribution in [0.15, 0.2) is 12.5 Å². The summed E-state index contributed by atoms with van der Waals surface area (Å²) in [4.78, 5) is 18.3. The van der Waals surface area contributed by atoms with Crippen molar-refractivity contribution >= 4 is 5.91 Å². The highest BCUT2D eigenvalue weighted by molar-refractivity contribution is 5.81. The number of unbranched alkanes of at least 4 members (excludes halogenated alkanes) is 1. The Balaban J connectivity index is 2.27. The molecule has 1 rings (SSSR count). The summed E-state index contributed by atoms with van der Waals surface area (Å²) in [6, 6.07) is -0.498. The Hall–Kier alpha value is -1.36. The lowest BCUT2D eigenvalue weighted by Crippen LogP contribution is -2.42. The van der Waals surface area contributed by atoms with E-state index < -0.39 is 6.04 Å². The Morgan fingerprint density at radius 1 is 1.73 bits per heavy atom. The topological polar surface area (TPSA) is 83.8 Å². The Kier molecular flexibility index (Phi) is 4.83. The van der Waals surface area contributed by atoms with Gasteiger partial charge in [0, 0.05) is 24.9 Å². The number of rotatable bonds is 6. The molecule has 0 fully saturated rings. The number of nitrogens with zero attached hydrogens (tertiary/aromatic N) is 1. The smallest absolute Gasteiger partial charge is 0.237 e. The molecule has 0 radical (unpaired) electrons. The van der Waals surface area contributed by atoms with Crippen LogP contribution in [-0.4, -0.2) is 28.5 Å². The molecule has 0 aliphatic carbocycles. The maximum absolute atomic E-state index is 11.5. The largest absolute Gasteiger partial charge is 0.355 e. The summed E-state index contributed by atoms with van der Waals surface area (Å²) in [7, 11) is 0. The first-order chi connectivity index (χ1) is 7.24. The number of carbonyl (C=O) groups is 1. The average molecular weight is 211 g/mol. The van der Waals surface area contributed by atoms with E-state index in [0.29, 0.717) is 13.0 Å². The highest BCUT2D eigenvalue weighted by atomic mass is 16.2. The fourth-order valence-electron chi connectivity index (χ4n) is 1.25. The van der Waals surface area contributed by atoms with E-state index >= 15 is 0 Å². The van der Waals surface area contributed by atoms with Gasteiger partial charge in [0.25, 0.3) is 0 Å². The molecule has 4 N–H and O–H groups in total. The molecule has 1 atom stereocenters. The summed E-state index contributed by atoms with van der Waals surface area (Å²) in [5.74, 6) is -0.0990. The van der Waals surface area contributed by atoms with Gasteiger partial charge in [0.1, 0.15) is 0 Å². The van der Waals surface area contributed by atoms with Crippen LogP contribution in [0.2, 0.25) is 0 Å². The molecule has 5 heteroatoms. The number of aromatic nitrogens is 2. The van der Waals surface area contributed by atoms with Gasteiger partial charge in [-0.2, -0.15) is 0 Å². The van der Waals surface area contributed by atoms with Crippen molar-refractivity contribution in [3.8, 4) is 0 Å². The van der Waals surface area contributed by atoms with E-state index in [1.165, 1.54) is 0 Å². The summed E-state index contributed by atoms with van der Waals surface area (Å²) in [5.41, 5.74) is 6.61. The van der Waals surface area contributed by atoms with Gasteiger partial charge in [-0.25, -0.2) is 4.98 Å². The molecule has 1 amide bonds. The highest BCUT2D eigenvalue weighted by Crippen LogP contribution is 1.96. The average Bonchev–Trinajstić information content (AvgIpc) is 2.70. The summed E-state index contributed by atoms with van der Waals surface area (Å²) < 4.78 is 0. The minimum Gasteiger partial charge on any atom is -0.355 e. The van der Waals surface area contributed by atoms with Crippen LogP contribution in [0.25, 0.3) is 0 Å². The van der Waals surface area contributed by atoms with Crippen molar-refractivity contribution in [3.05, 3.63) is 18.2 Å². The van der Waals surface area contributed by atoms with Crippen molar-refractivity contribution in [2.75, 3.05) is 6.54 Å². The number of nitrogens with one attached hydrogen (secondary N) is 2. The highest BCUT2D eigenvalue weighted by Gasteiger charge is 2.13. The molecule has 1 aromatic heterocycles. The monoisotopic (exact) mass is 211 g/mol. The van der Waals surface area contributed by atoms with Crippen LogP contribution in [-0.2, 0) is 11.2 Å². The number of aromatic amines is 1. The van der Waals surface area contributed by atoms with Gasteiger partial charge in [-0.1, -0.05) is 13.3 Å². The second kappa shape index (κ2) is 6.19. The Bertz CT molecular complexity index is 284. The van der Waals surface area contributed by atoms with Crippen LogP contribution in [0.1, 0.15) is 25.5 Å². The first-order valence-electron chi connectivity index (χ1n) is 5.24. The Morgan fingerprint density at radius 3 is 3.13 bits per heavy atom. The minimum atomic E-state index is -0.498. The molecule has 0 bridgehead atoms. The lowest BCUT2D eigenvalue weighted by atomic mass is 10.2. The van der Waals surface area contributed by atoms with Crippen LogP contribution in [0.4, 0.5) is 0 Å². The SMILES string of the molecule is CCCC[15NH]C(=O)[C@@H](N)Cc1cnc[nH]1. The lowest BCUT2D eigenvalue weighted by Gasteiger charge is -2.10. The summed E-state index contributed by atoms with van der Waals surface area (Å²) in [6.07, 6.45) is 5.81. The van der Waals surface area contributed by atoms with Crippen molar-refractivity contribution in [2.45, 2.75) is 32.2 Å². The van der Waals surface area contributed by atoms with Gasteiger partial charge in [0.2, 0.25) is 5.91 Å². The minimum absolute atomic E-state index is 0.0990. The van der Waals surface area contributed by atoms with Crippen LogP contribution < -0.4 is 11.1 Å². The Morgan fingerprint density at radius 2 is 2.53 bits per heavy atom. The fourth-order valence-corrected chi connectivity index (χ4v) is 1.25. The number of H-pyrrole nitrogens is 1. The molecule has 0 saturated carbocycles. The van der Waals surface area contributed by atoms with E-state index in [1.807, 2.05) is 0 Å². The second-order valence-electron chi connectivity index (χ2n) is 3.53. The van der Waals surface area contributed by atoms with Gasteiger partial charge >= 0.3 is 0 Å². The molecule has 1 heterocycles. The van der Waals surface area contributed by atoms with Crippen LogP contribution in [0.3, 0.4) is 0 Å². The normalized spacial score (nSPS) is 12.4. The van der Waals surface area contributed by atoms with E-state index in [2.05, 4.69) is 22.2 Å². The third-order valence-electron chi connectivity index (χ3n) is 2.16. The third-order valence-corrected chi connectivity index (χ3v) is 2.16. The maximum Gasteiger partial charge on any atom is 0.237 e. The molecule has 15 heavy (non-hydrogen) atoms. The fraction of sp³-hybridized carbons (Fsp3) is 0.600. The summed E-state index contributed by atoms with van der Waals surface area (Å²) >= 11 is 0. The van der Waals surface area contributed by atoms with Gasteiger partial charge in [-0.15, -0.1) is 0 Å². The van der Waals surface area contributed by atoms with Crippen molar-refractivity contribution in [2.24, 2.45) is 5.73 Å². The summed E-state index contributed by atoms with van der Waals surface area (Å²) in [5, 5.41) is 2.80. The number of hydrogen-bond donors (Lipinski definition) is 3. The summed E-state index contributed by atoms with van der Waals surface area (Å²) in [6.45, 7) is 2.78. The molecule has 0 unspecified atom stereocenters. The number of amides is 1. The first kappa shape index (κ1) is 11.7. The van der Waals surface area contributed by atoms with E-state index in [-0.39, 0.29) is 5.91 Å². The molecule has 5 nitrogen and oxygen atoms in total. The molecule has 0 aliphatic rings. The third kappa shape index (κ3) is 4.12. The molecule has 0 spiro atoms. The molecular formula is C10H18N4O. The van der Waals surface area contributed by atoms with Gasteiger partial charge < -0.3 is 16.0 Å². The number of carbonyl (C=O) groups excluding carboxylic acids is 1. The van der Waals surface area contributed by atoms with Crippen LogP contribution in [0.5, 0.6) is 0 Å². The maximum atomic E-state index is 11.5. The number of imidazole rings is 1. The zero-order valence-electron chi connectivity index (χ0n) is 8.99. The van der Waals surface area contributed by atoms with Gasteiger partial charge in [-0.3, -0.25) is 4.79 Å². The molecule has 0 aromatic carbocycles. The van der Waals surface area contributed by atoms with E-state index in [0.717, 1.165) is 18.5 Å². The van der Waals surface area contributed by atoms with Gasteiger partial charge in [0.05, 0.1) is 12.4 Å². The second-order valence-corrected chi connectivity index (χ2v) is 3.53. The molecule has 0 saturated heterocycles. The van der Waals surface area contributed by atoms with Crippen molar-refractivity contribution in [3.63, 3.8) is 0 Å². The van der Waals surface area contributed by atoms with E-state index in [9.17, 15) is 4.79 Å². The predicted octanol–water partition coefficient (Wildman–Crippen LogP) is 0.196. The van der Waals surface area contributed by atoms with Gasteiger partial charge in [-0.05, 0) is 6.42 Å². The molecule has 84 valence electrons.